The number of rotatable bonds is 3. The Kier molecular flexibility index (Phi) is 4.33. The predicted octanol–water partition coefficient (Wildman–Crippen LogP) is 3.00. The summed E-state index contributed by atoms with van der Waals surface area (Å²) in [6.45, 7) is 7.56. The predicted molar refractivity (Wildman–Crippen MR) is 94.2 cm³/mol. The van der Waals surface area contributed by atoms with Crippen LogP contribution in [0.15, 0.2) is 12.1 Å². The van der Waals surface area contributed by atoms with E-state index in [1.807, 2.05) is 0 Å². The molecule has 0 amide bonds. The molecule has 0 aliphatic carbocycles. The molecule has 2 N–H and O–H groups in total. The SMILES string of the molecule is Cc1ccc2[nH]c(CNC3CCOC4(CCOCC4)C3)nc2c1C. The van der Waals surface area contributed by atoms with Gasteiger partial charge < -0.3 is 19.8 Å². The molecule has 0 saturated carbocycles. The minimum Gasteiger partial charge on any atom is -0.381 e. The summed E-state index contributed by atoms with van der Waals surface area (Å²) in [4.78, 5) is 8.24. The lowest BCUT2D eigenvalue weighted by molar-refractivity contribution is -0.140. The molecule has 1 unspecified atom stereocenters. The van der Waals surface area contributed by atoms with Crippen molar-refractivity contribution in [3.63, 3.8) is 0 Å². The van der Waals surface area contributed by atoms with Crippen molar-refractivity contribution in [2.45, 2.75) is 57.7 Å². The second-order valence-corrected chi connectivity index (χ2v) is 7.30. The third-order valence-electron chi connectivity index (χ3n) is 5.68. The second-order valence-electron chi connectivity index (χ2n) is 7.30. The van der Waals surface area contributed by atoms with E-state index in [4.69, 9.17) is 14.5 Å². The van der Waals surface area contributed by atoms with E-state index in [-0.39, 0.29) is 5.60 Å². The Morgan fingerprint density at radius 3 is 2.92 bits per heavy atom. The summed E-state index contributed by atoms with van der Waals surface area (Å²) in [5.74, 6) is 1.02. The van der Waals surface area contributed by atoms with Gasteiger partial charge in [-0.1, -0.05) is 6.07 Å². The Hall–Kier alpha value is -1.43. The van der Waals surface area contributed by atoms with Gasteiger partial charge in [0, 0.05) is 25.9 Å². The van der Waals surface area contributed by atoms with E-state index in [0.29, 0.717) is 6.04 Å². The lowest BCUT2D eigenvalue weighted by Crippen LogP contribution is -2.49. The van der Waals surface area contributed by atoms with Crippen LogP contribution in [0.5, 0.6) is 0 Å². The van der Waals surface area contributed by atoms with Gasteiger partial charge in [-0.3, -0.25) is 0 Å². The fourth-order valence-electron chi connectivity index (χ4n) is 3.98. The summed E-state index contributed by atoms with van der Waals surface area (Å²) in [5, 5.41) is 3.69. The van der Waals surface area contributed by atoms with E-state index in [1.165, 1.54) is 11.1 Å². The van der Waals surface area contributed by atoms with Crippen LogP contribution in [0.3, 0.4) is 0 Å². The van der Waals surface area contributed by atoms with Crippen molar-refractivity contribution in [3.8, 4) is 0 Å². The van der Waals surface area contributed by atoms with E-state index >= 15 is 0 Å². The minimum atomic E-state index is 0.0374. The first kappa shape index (κ1) is 16.1. The summed E-state index contributed by atoms with van der Waals surface area (Å²) in [6.07, 6.45) is 4.19. The fourth-order valence-corrected chi connectivity index (χ4v) is 3.98. The normalized spacial score (nSPS) is 23.8. The highest BCUT2D eigenvalue weighted by atomic mass is 16.5. The lowest BCUT2D eigenvalue weighted by Gasteiger charge is -2.43. The largest absolute Gasteiger partial charge is 0.381 e. The van der Waals surface area contributed by atoms with Gasteiger partial charge in [-0.05, 0) is 56.7 Å². The molecule has 2 aliphatic heterocycles. The molecule has 1 spiro atoms. The number of H-pyrrole nitrogens is 1. The molecule has 3 heterocycles. The number of hydrogen-bond donors (Lipinski definition) is 2. The third-order valence-corrected chi connectivity index (χ3v) is 5.68. The third kappa shape index (κ3) is 3.08. The number of aromatic nitrogens is 2. The fraction of sp³-hybridized carbons (Fsp3) is 0.632. The number of hydrogen-bond acceptors (Lipinski definition) is 4. The molecule has 1 aromatic carbocycles. The summed E-state index contributed by atoms with van der Waals surface area (Å²) in [7, 11) is 0. The van der Waals surface area contributed by atoms with Crippen molar-refractivity contribution in [1.29, 1.82) is 0 Å². The highest BCUT2D eigenvalue weighted by molar-refractivity contribution is 5.79. The van der Waals surface area contributed by atoms with E-state index in [0.717, 1.165) is 68.9 Å². The summed E-state index contributed by atoms with van der Waals surface area (Å²) >= 11 is 0. The van der Waals surface area contributed by atoms with Crippen LogP contribution in [0.2, 0.25) is 0 Å². The van der Waals surface area contributed by atoms with Crippen LogP contribution in [0.25, 0.3) is 11.0 Å². The van der Waals surface area contributed by atoms with Gasteiger partial charge in [0.05, 0.1) is 23.2 Å². The molecule has 0 radical (unpaired) electrons. The molecule has 24 heavy (non-hydrogen) atoms. The van der Waals surface area contributed by atoms with Crippen molar-refractivity contribution in [1.82, 2.24) is 15.3 Å². The van der Waals surface area contributed by atoms with Crippen molar-refractivity contribution >= 4 is 11.0 Å². The number of aromatic amines is 1. The van der Waals surface area contributed by atoms with E-state index in [1.54, 1.807) is 0 Å². The highest BCUT2D eigenvalue weighted by Crippen LogP contribution is 2.34. The first-order valence-electron chi connectivity index (χ1n) is 9.05. The van der Waals surface area contributed by atoms with Gasteiger partial charge in [-0.15, -0.1) is 0 Å². The average molecular weight is 329 g/mol. The highest BCUT2D eigenvalue weighted by Gasteiger charge is 2.38. The Morgan fingerprint density at radius 2 is 2.08 bits per heavy atom. The van der Waals surface area contributed by atoms with E-state index in [9.17, 15) is 0 Å². The number of fused-ring (bicyclic) bond motifs is 1. The zero-order valence-electron chi connectivity index (χ0n) is 14.7. The van der Waals surface area contributed by atoms with E-state index in [2.05, 4.69) is 36.3 Å². The molecular formula is C19H27N3O2. The van der Waals surface area contributed by atoms with E-state index < -0.39 is 0 Å². The van der Waals surface area contributed by atoms with Gasteiger partial charge in [0.15, 0.2) is 0 Å². The molecule has 5 heteroatoms. The molecule has 1 atom stereocenters. The molecule has 2 aliphatic rings. The molecule has 2 saturated heterocycles. The molecule has 1 aromatic heterocycles. The van der Waals surface area contributed by atoms with Gasteiger partial charge in [0.25, 0.3) is 0 Å². The average Bonchev–Trinajstić information content (AvgIpc) is 3.01. The number of nitrogens with zero attached hydrogens (tertiary/aromatic N) is 1. The maximum Gasteiger partial charge on any atom is 0.121 e. The van der Waals surface area contributed by atoms with Crippen LogP contribution in [-0.4, -0.2) is 41.4 Å². The Balaban J connectivity index is 1.42. The van der Waals surface area contributed by atoms with Crippen LogP contribution >= 0.6 is 0 Å². The molecule has 2 aromatic rings. The lowest BCUT2D eigenvalue weighted by atomic mass is 9.84. The number of nitrogens with one attached hydrogen (secondary N) is 2. The van der Waals surface area contributed by atoms with Gasteiger partial charge in [-0.25, -0.2) is 4.98 Å². The first-order chi connectivity index (χ1) is 11.7. The van der Waals surface area contributed by atoms with Gasteiger partial charge in [0.2, 0.25) is 0 Å². The molecule has 130 valence electrons. The van der Waals surface area contributed by atoms with Crippen LogP contribution in [0.4, 0.5) is 0 Å². The molecular weight excluding hydrogens is 302 g/mol. The smallest absolute Gasteiger partial charge is 0.121 e. The monoisotopic (exact) mass is 329 g/mol. The van der Waals surface area contributed by atoms with Crippen LogP contribution in [0, 0.1) is 13.8 Å². The van der Waals surface area contributed by atoms with Crippen molar-refractivity contribution in [3.05, 3.63) is 29.1 Å². The molecule has 0 bridgehead atoms. The number of aryl methyl sites for hydroxylation is 2. The maximum atomic E-state index is 6.12. The summed E-state index contributed by atoms with van der Waals surface area (Å²) in [5.41, 5.74) is 4.82. The zero-order chi connectivity index (χ0) is 16.6. The number of imidazole rings is 1. The second kappa shape index (κ2) is 6.47. The van der Waals surface area contributed by atoms with Crippen LogP contribution in [-0.2, 0) is 16.0 Å². The quantitative estimate of drug-likeness (QED) is 0.909. The van der Waals surface area contributed by atoms with Crippen molar-refractivity contribution in [2.75, 3.05) is 19.8 Å². The first-order valence-corrected chi connectivity index (χ1v) is 9.05. The molecule has 5 nitrogen and oxygen atoms in total. The van der Waals surface area contributed by atoms with Crippen LogP contribution in [0.1, 0.15) is 42.6 Å². The molecule has 2 fully saturated rings. The zero-order valence-corrected chi connectivity index (χ0v) is 14.7. The number of benzene rings is 1. The standard InChI is InChI=1S/C19H27N3O2/c1-13-3-4-16-18(14(13)2)22-17(21-16)12-20-15-5-8-24-19(11-15)6-9-23-10-7-19/h3-4,15,20H,5-12H2,1-2H3,(H,21,22). The minimum absolute atomic E-state index is 0.0374. The van der Waals surface area contributed by atoms with Crippen molar-refractivity contribution < 1.29 is 9.47 Å². The van der Waals surface area contributed by atoms with Gasteiger partial charge in [0.1, 0.15) is 5.82 Å². The summed E-state index contributed by atoms with van der Waals surface area (Å²) < 4.78 is 11.6. The van der Waals surface area contributed by atoms with Crippen LogP contribution < -0.4 is 5.32 Å². The Morgan fingerprint density at radius 1 is 1.25 bits per heavy atom. The summed E-state index contributed by atoms with van der Waals surface area (Å²) in [6, 6.07) is 4.77. The molecule has 4 rings (SSSR count). The van der Waals surface area contributed by atoms with Crippen molar-refractivity contribution in [2.24, 2.45) is 0 Å². The topological polar surface area (TPSA) is 59.2 Å². The number of ether oxygens (including phenoxy) is 2. The van der Waals surface area contributed by atoms with Gasteiger partial charge >= 0.3 is 0 Å². The Bertz CT molecular complexity index is 713. The van der Waals surface area contributed by atoms with Gasteiger partial charge in [-0.2, -0.15) is 0 Å². The Labute approximate surface area is 143 Å². The maximum absolute atomic E-state index is 6.12.